The lowest BCUT2D eigenvalue weighted by atomic mass is 10.1. The van der Waals surface area contributed by atoms with Crippen LogP contribution in [0.1, 0.15) is 12.0 Å². The number of nitrogens with one attached hydrogen (secondary N) is 1. The molecule has 2 amide bonds. The van der Waals surface area contributed by atoms with Crippen LogP contribution < -0.4 is 15.0 Å². The van der Waals surface area contributed by atoms with Crippen LogP contribution in [0.25, 0.3) is 0 Å². The second-order valence-corrected chi connectivity index (χ2v) is 8.52. The third-order valence-electron chi connectivity index (χ3n) is 5.59. The molecule has 0 radical (unpaired) electrons. The zero-order chi connectivity index (χ0) is 23.8. The minimum atomic E-state index is -0.0782. The van der Waals surface area contributed by atoms with Crippen molar-refractivity contribution in [2.75, 3.05) is 43.0 Å². The van der Waals surface area contributed by atoms with Crippen molar-refractivity contribution in [3.8, 4) is 5.75 Å². The van der Waals surface area contributed by atoms with Gasteiger partial charge in [0.15, 0.2) is 6.61 Å². The topological polar surface area (TPSA) is 74.8 Å². The monoisotopic (exact) mass is 478 g/mol. The lowest BCUT2D eigenvalue weighted by Crippen LogP contribution is -2.38. The molecule has 1 saturated heterocycles. The van der Waals surface area contributed by atoms with Gasteiger partial charge in [-0.2, -0.15) is 0 Å². The Morgan fingerprint density at radius 3 is 2.47 bits per heavy atom. The fourth-order valence-electron chi connectivity index (χ4n) is 3.80. The molecule has 0 saturated carbocycles. The molecule has 7 nitrogen and oxygen atoms in total. The molecule has 1 aliphatic heterocycles. The second kappa shape index (κ2) is 11.5. The number of rotatable bonds is 7. The Morgan fingerprint density at radius 1 is 0.941 bits per heavy atom. The molecule has 1 aromatic heterocycles. The number of ether oxygens (including phenoxy) is 1. The number of carbonyl (C=O) groups is 2. The molecular weight excluding hydrogens is 452 g/mol. The van der Waals surface area contributed by atoms with E-state index in [-0.39, 0.29) is 18.4 Å². The quantitative estimate of drug-likeness (QED) is 0.555. The Kier molecular flexibility index (Phi) is 7.99. The summed E-state index contributed by atoms with van der Waals surface area (Å²) in [4.78, 5) is 33.4. The summed E-state index contributed by atoms with van der Waals surface area (Å²) in [5.41, 5.74) is 1.63. The highest BCUT2D eigenvalue weighted by Gasteiger charge is 2.20. The highest BCUT2D eigenvalue weighted by molar-refractivity contribution is 6.30. The van der Waals surface area contributed by atoms with Gasteiger partial charge in [0.25, 0.3) is 5.91 Å². The van der Waals surface area contributed by atoms with E-state index < -0.39 is 0 Å². The van der Waals surface area contributed by atoms with Gasteiger partial charge < -0.3 is 19.9 Å². The first-order valence-corrected chi connectivity index (χ1v) is 11.7. The van der Waals surface area contributed by atoms with E-state index in [1.807, 2.05) is 47.4 Å². The van der Waals surface area contributed by atoms with E-state index in [1.54, 1.807) is 30.5 Å². The molecule has 0 unspecified atom stereocenters. The molecule has 1 fully saturated rings. The summed E-state index contributed by atoms with van der Waals surface area (Å²) in [6.45, 7) is 2.75. The van der Waals surface area contributed by atoms with Gasteiger partial charge in [0.2, 0.25) is 5.91 Å². The maximum Gasteiger partial charge on any atom is 0.260 e. The van der Waals surface area contributed by atoms with Crippen LogP contribution in [0.2, 0.25) is 5.02 Å². The van der Waals surface area contributed by atoms with Crippen molar-refractivity contribution >= 4 is 34.9 Å². The van der Waals surface area contributed by atoms with Gasteiger partial charge in [-0.25, -0.2) is 4.98 Å². The Bertz CT molecular complexity index is 1090. The van der Waals surface area contributed by atoms with E-state index in [2.05, 4.69) is 15.2 Å². The number of aromatic nitrogens is 1. The minimum absolute atomic E-state index is 0.00272. The highest BCUT2D eigenvalue weighted by Crippen LogP contribution is 2.18. The number of hydrogen-bond donors (Lipinski definition) is 1. The van der Waals surface area contributed by atoms with Gasteiger partial charge in [-0.05, 0) is 48.4 Å². The molecule has 2 heterocycles. The van der Waals surface area contributed by atoms with Crippen LogP contribution >= 0.6 is 11.6 Å². The fraction of sp³-hybridized carbons (Fsp3) is 0.269. The first-order chi connectivity index (χ1) is 16.6. The average Bonchev–Trinajstić information content (AvgIpc) is 3.11. The largest absolute Gasteiger partial charge is 0.484 e. The normalized spacial score (nSPS) is 13.8. The summed E-state index contributed by atoms with van der Waals surface area (Å²) in [5, 5.41) is 3.52. The lowest BCUT2D eigenvalue weighted by Gasteiger charge is -2.23. The SMILES string of the molecule is O=C(Cc1ccccc1)Nc1ccc(N2CCCN(C(=O)COc3ccc(Cl)cc3)CC2)nc1. The van der Waals surface area contributed by atoms with Crippen LogP contribution in [-0.4, -0.2) is 54.5 Å². The first kappa shape index (κ1) is 23.6. The highest BCUT2D eigenvalue weighted by atomic mass is 35.5. The molecule has 0 atom stereocenters. The molecule has 0 bridgehead atoms. The molecule has 3 aromatic rings. The number of anilines is 2. The second-order valence-electron chi connectivity index (χ2n) is 8.08. The predicted octanol–water partition coefficient (Wildman–Crippen LogP) is 4.03. The van der Waals surface area contributed by atoms with Crippen molar-refractivity contribution in [3.63, 3.8) is 0 Å². The van der Waals surface area contributed by atoms with Crippen LogP contribution in [0.4, 0.5) is 11.5 Å². The Labute approximate surface area is 204 Å². The molecule has 34 heavy (non-hydrogen) atoms. The third-order valence-corrected chi connectivity index (χ3v) is 5.84. The van der Waals surface area contributed by atoms with Gasteiger partial charge in [-0.15, -0.1) is 0 Å². The Morgan fingerprint density at radius 2 is 1.74 bits per heavy atom. The zero-order valence-corrected chi connectivity index (χ0v) is 19.6. The summed E-state index contributed by atoms with van der Waals surface area (Å²) in [6, 6.07) is 20.4. The molecular formula is C26H27ClN4O3. The molecule has 8 heteroatoms. The summed E-state index contributed by atoms with van der Waals surface area (Å²) in [5.74, 6) is 1.33. The van der Waals surface area contributed by atoms with Crippen molar-refractivity contribution in [2.24, 2.45) is 0 Å². The summed E-state index contributed by atoms with van der Waals surface area (Å²) in [6.07, 6.45) is 2.83. The van der Waals surface area contributed by atoms with E-state index in [4.69, 9.17) is 16.3 Å². The van der Waals surface area contributed by atoms with Crippen molar-refractivity contribution in [1.82, 2.24) is 9.88 Å². The van der Waals surface area contributed by atoms with Crippen LogP contribution in [-0.2, 0) is 16.0 Å². The van der Waals surface area contributed by atoms with E-state index >= 15 is 0 Å². The molecule has 4 rings (SSSR count). The van der Waals surface area contributed by atoms with Crippen LogP contribution in [0.5, 0.6) is 5.75 Å². The molecule has 1 aliphatic rings. The number of amides is 2. The number of carbonyl (C=O) groups excluding carboxylic acids is 2. The minimum Gasteiger partial charge on any atom is -0.484 e. The molecule has 176 valence electrons. The molecule has 0 aliphatic carbocycles. The van der Waals surface area contributed by atoms with Crippen LogP contribution in [0.15, 0.2) is 72.9 Å². The number of nitrogens with zero attached hydrogens (tertiary/aromatic N) is 3. The number of benzene rings is 2. The average molecular weight is 479 g/mol. The van der Waals surface area contributed by atoms with Gasteiger partial charge >= 0.3 is 0 Å². The number of hydrogen-bond acceptors (Lipinski definition) is 5. The van der Waals surface area contributed by atoms with Crippen LogP contribution in [0, 0.1) is 0 Å². The molecule has 0 spiro atoms. The number of halogens is 1. The fourth-order valence-corrected chi connectivity index (χ4v) is 3.92. The van der Waals surface area contributed by atoms with Crippen LogP contribution in [0.3, 0.4) is 0 Å². The summed E-state index contributed by atoms with van der Waals surface area (Å²) < 4.78 is 5.60. The lowest BCUT2D eigenvalue weighted by molar-refractivity contribution is -0.133. The van der Waals surface area contributed by atoms with Crippen molar-refractivity contribution in [3.05, 3.63) is 83.5 Å². The van der Waals surface area contributed by atoms with Gasteiger partial charge in [-0.1, -0.05) is 41.9 Å². The summed E-state index contributed by atoms with van der Waals surface area (Å²) in [7, 11) is 0. The van der Waals surface area contributed by atoms with E-state index in [0.717, 1.165) is 24.3 Å². The third kappa shape index (κ3) is 6.71. The van der Waals surface area contributed by atoms with Crippen molar-refractivity contribution in [1.29, 1.82) is 0 Å². The van der Waals surface area contributed by atoms with E-state index in [9.17, 15) is 9.59 Å². The van der Waals surface area contributed by atoms with E-state index in [0.29, 0.717) is 42.5 Å². The zero-order valence-electron chi connectivity index (χ0n) is 18.8. The van der Waals surface area contributed by atoms with Gasteiger partial charge in [-0.3, -0.25) is 9.59 Å². The Balaban J connectivity index is 1.26. The molecule has 2 aromatic carbocycles. The first-order valence-electron chi connectivity index (χ1n) is 11.3. The standard InChI is InChI=1S/C26H27ClN4O3/c27-21-7-10-23(11-8-21)34-19-26(33)31-14-4-13-30(15-16-31)24-12-9-22(18-28-24)29-25(32)17-20-5-2-1-3-6-20/h1-3,5-12,18H,4,13-17,19H2,(H,29,32). The van der Waals surface area contributed by atoms with Crippen molar-refractivity contribution in [2.45, 2.75) is 12.8 Å². The smallest absolute Gasteiger partial charge is 0.260 e. The maximum atomic E-state index is 12.6. The summed E-state index contributed by atoms with van der Waals surface area (Å²) >= 11 is 5.88. The Hall–Kier alpha value is -3.58. The molecule has 1 N–H and O–H groups in total. The maximum absolute atomic E-state index is 12.6. The van der Waals surface area contributed by atoms with E-state index in [1.165, 1.54) is 0 Å². The predicted molar refractivity (Wildman–Crippen MR) is 133 cm³/mol. The van der Waals surface area contributed by atoms with Gasteiger partial charge in [0.1, 0.15) is 11.6 Å². The number of pyridine rings is 1. The van der Waals surface area contributed by atoms with Gasteiger partial charge in [0.05, 0.1) is 18.3 Å². The van der Waals surface area contributed by atoms with Crippen molar-refractivity contribution < 1.29 is 14.3 Å². The van der Waals surface area contributed by atoms with Gasteiger partial charge in [0, 0.05) is 31.2 Å².